The molecule has 4 N–H and O–H groups in total. The molecule has 1 unspecified atom stereocenters. The van der Waals surface area contributed by atoms with E-state index in [2.05, 4.69) is 10.6 Å². The van der Waals surface area contributed by atoms with Crippen molar-refractivity contribution in [2.75, 3.05) is 5.32 Å². The Morgan fingerprint density at radius 2 is 1.64 bits per heavy atom. The molecule has 0 aliphatic carbocycles. The molecular formula is C20H25N3O2. The lowest BCUT2D eigenvalue weighted by molar-refractivity contribution is -0.117. The fourth-order valence-electron chi connectivity index (χ4n) is 2.48. The van der Waals surface area contributed by atoms with Crippen LogP contribution in [0.5, 0.6) is 0 Å². The van der Waals surface area contributed by atoms with Gasteiger partial charge >= 0.3 is 0 Å². The van der Waals surface area contributed by atoms with Crippen LogP contribution < -0.4 is 16.4 Å². The summed E-state index contributed by atoms with van der Waals surface area (Å²) in [5.74, 6) is -0.413. The second-order valence-electron chi connectivity index (χ2n) is 6.54. The standard InChI is InChI=1S/C20H25N3O2/c1-12(2)22-19(24)17-10-9-16(11-14(17)4)23-20(25)18(21)15-7-5-13(3)6-8-15/h5-12,18H,21H2,1-4H3,(H,22,24)(H,23,25). The highest BCUT2D eigenvalue weighted by Gasteiger charge is 2.17. The van der Waals surface area contributed by atoms with Crippen LogP contribution in [0.25, 0.3) is 0 Å². The van der Waals surface area contributed by atoms with Crippen molar-refractivity contribution in [1.82, 2.24) is 5.32 Å². The number of hydrogen-bond acceptors (Lipinski definition) is 3. The van der Waals surface area contributed by atoms with Gasteiger partial charge in [0.1, 0.15) is 6.04 Å². The van der Waals surface area contributed by atoms with E-state index in [9.17, 15) is 9.59 Å². The van der Waals surface area contributed by atoms with E-state index in [0.29, 0.717) is 11.3 Å². The van der Waals surface area contributed by atoms with E-state index in [1.165, 1.54) is 0 Å². The molecule has 0 radical (unpaired) electrons. The second kappa shape index (κ2) is 7.94. The first-order valence-corrected chi connectivity index (χ1v) is 8.32. The first-order valence-electron chi connectivity index (χ1n) is 8.32. The molecule has 5 nitrogen and oxygen atoms in total. The quantitative estimate of drug-likeness (QED) is 0.782. The van der Waals surface area contributed by atoms with Crippen molar-refractivity contribution in [3.63, 3.8) is 0 Å². The van der Waals surface area contributed by atoms with Crippen LogP contribution in [0.2, 0.25) is 0 Å². The highest BCUT2D eigenvalue weighted by atomic mass is 16.2. The molecule has 0 heterocycles. The average molecular weight is 339 g/mol. The van der Waals surface area contributed by atoms with Gasteiger partial charge in [-0.15, -0.1) is 0 Å². The lowest BCUT2D eigenvalue weighted by Gasteiger charge is -2.15. The number of aryl methyl sites for hydroxylation is 2. The molecule has 2 aromatic carbocycles. The van der Waals surface area contributed by atoms with Crippen LogP contribution in [0.15, 0.2) is 42.5 Å². The van der Waals surface area contributed by atoms with Crippen LogP contribution in [0.1, 0.15) is 46.9 Å². The topological polar surface area (TPSA) is 84.2 Å². The molecule has 0 aliphatic rings. The number of anilines is 1. The minimum absolute atomic E-state index is 0.0683. The third-order valence-corrected chi connectivity index (χ3v) is 3.88. The zero-order valence-corrected chi connectivity index (χ0v) is 15.1. The molecular weight excluding hydrogens is 314 g/mol. The molecule has 0 bridgehead atoms. The molecule has 2 aromatic rings. The molecule has 0 aliphatic heterocycles. The van der Waals surface area contributed by atoms with E-state index in [0.717, 1.165) is 16.7 Å². The minimum atomic E-state index is -0.746. The van der Waals surface area contributed by atoms with Crippen LogP contribution in [-0.2, 0) is 4.79 Å². The summed E-state index contributed by atoms with van der Waals surface area (Å²) in [5, 5.41) is 5.66. The Balaban J connectivity index is 2.09. The molecule has 132 valence electrons. The van der Waals surface area contributed by atoms with E-state index in [1.807, 2.05) is 52.0 Å². The van der Waals surface area contributed by atoms with Crippen LogP contribution in [0, 0.1) is 13.8 Å². The lowest BCUT2D eigenvalue weighted by atomic mass is 10.0. The highest BCUT2D eigenvalue weighted by Crippen LogP contribution is 2.18. The van der Waals surface area contributed by atoms with Gasteiger partial charge in [-0.2, -0.15) is 0 Å². The maximum absolute atomic E-state index is 12.4. The monoisotopic (exact) mass is 339 g/mol. The summed E-state index contributed by atoms with van der Waals surface area (Å²) in [7, 11) is 0. The number of benzene rings is 2. The van der Waals surface area contributed by atoms with Gasteiger partial charge in [-0.3, -0.25) is 9.59 Å². The SMILES string of the molecule is Cc1ccc(C(N)C(=O)Nc2ccc(C(=O)NC(C)C)c(C)c2)cc1. The molecule has 0 aromatic heterocycles. The summed E-state index contributed by atoms with van der Waals surface area (Å²) in [5.41, 5.74) is 9.90. The zero-order chi connectivity index (χ0) is 18.6. The van der Waals surface area contributed by atoms with Crippen molar-refractivity contribution >= 4 is 17.5 Å². The predicted molar refractivity (Wildman–Crippen MR) is 101 cm³/mol. The van der Waals surface area contributed by atoms with Gasteiger partial charge in [0, 0.05) is 17.3 Å². The van der Waals surface area contributed by atoms with Gasteiger partial charge < -0.3 is 16.4 Å². The Hall–Kier alpha value is -2.66. The number of nitrogens with one attached hydrogen (secondary N) is 2. The lowest BCUT2D eigenvalue weighted by Crippen LogP contribution is -2.30. The van der Waals surface area contributed by atoms with Gasteiger partial charge in [0.25, 0.3) is 5.91 Å². The van der Waals surface area contributed by atoms with Crippen molar-refractivity contribution in [3.05, 3.63) is 64.7 Å². The van der Waals surface area contributed by atoms with Gasteiger partial charge in [-0.05, 0) is 57.0 Å². The Morgan fingerprint density at radius 3 is 2.20 bits per heavy atom. The number of rotatable bonds is 5. The first-order chi connectivity index (χ1) is 11.8. The fourth-order valence-corrected chi connectivity index (χ4v) is 2.48. The van der Waals surface area contributed by atoms with Crippen LogP contribution in [0.4, 0.5) is 5.69 Å². The maximum Gasteiger partial charge on any atom is 0.251 e. The first kappa shape index (κ1) is 18.7. The summed E-state index contributed by atoms with van der Waals surface area (Å²) >= 11 is 0. The van der Waals surface area contributed by atoms with Crippen molar-refractivity contribution in [2.24, 2.45) is 5.73 Å². The summed E-state index contributed by atoms with van der Waals surface area (Å²) in [6.45, 7) is 7.64. The van der Waals surface area contributed by atoms with Gasteiger partial charge in [-0.25, -0.2) is 0 Å². The number of hydrogen-bond donors (Lipinski definition) is 3. The van der Waals surface area contributed by atoms with Crippen molar-refractivity contribution in [3.8, 4) is 0 Å². The van der Waals surface area contributed by atoms with Crippen LogP contribution in [-0.4, -0.2) is 17.9 Å². The Morgan fingerprint density at radius 1 is 1.00 bits per heavy atom. The predicted octanol–water partition coefficient (Wildman–Crippen LogP) is 3.08. The van der Waals surface area contributed by atoms with E-state index in [-0.39, 0.29) is 17.9 Å². The van der Waals surface area contributed by atoms with E-state index >= 15 is 0 Å². The summed E-state index contributed by atoms with van der Waals surface area (Å²) < 4.78 is 0. The van der Waals surface area contributed by atoms with Crippen molar-refractivity contribution in [2.45, 2.75) is 39.8 Å². The van der Waals surface area contributed by atoms with Crippen LogP contribution >= 0.6 is 0 Å². The van der Waals surface area contributed by atoms with Crippen molar-refractivity contribution in [1.29, 1.82) is 0 Å². The second-order valence-corrected chi connectivity index (χ2v) is 6.54. The number of carbonyl (C=O) groups excluding carboxylic acids is 2. The van der Waals surface area contributed by atoms with Gasteiger partial charge in [0.2, 0.25) is 5.91 Å². The normalized spacial score (nSPS) is 11.9. The Labute approximate surface area is 148 Å². The molecule has 25 heavy (non-hydrogen) atoms. The molecule has 0 fully saturated rings. The molecule has 2 rings (SSSR count). The molecule has 0 spiro atoms. The van der Waals surface area contributed by atoms with Crippen LogP contribution in [0.3, 0.4) is 0 Å². The van der Waals surface area contributed by atoms with Gasteiger partial charge in [-0.1, -0.05) is 29.8 Å². The third-order valence-electron chi connectivity index (χ3n) is 3.88. The number of carbonyl (C=O) groups is 2. The molecule has 2 amide bonds. The number of amides is 2. The Bertz CT molecular complexity index is 767. The van der Waals surface area contributed by atoms with Gasteiger partial charge in [0.15, 0.2) is 0 Å². The summed E-state index contributed by atoms with van der Waals surface area (Å²) in [4.78, 5) is 24.5. The zero-order valence-electron chi connectivity index (χ0n) is 15.1. The van der Waals surface area contributed by atoms with E-state index in [1.54, 1.807) is 18.2 Å². The van der Waals surface area contributed by atoms with E-state index in [4.69, 9.17) is 5.73 Å². The fraction of sp³-hybridized carbons (Fsp3) is 0.300. The van der Waals surface area contributed by atoms with Gasteiger partial charge in [0.05, 0.1) is 0 Å². The Kier molecular flexibility index (Phi) is 5.93. The maximum atomic E-state index is 12.4. The third kappa shape index (κ3) is 4.90. The smallest absolute Gasteiger partial charge is 0.251 e. The molecule has 0 saturated carbocycles. The average Bonchev–Trinajstić information content (AvgIpc) is 2.54. The largest absolute Gasteiger partial charge is 0.350 e. The minimum Gasteiger partial charge on any atom is -0.350 e. The molecule has 5 heteroatoms. The number of nitrogens with two attached hydrogens (primary N) is 1. The highest BCUT2D eigenvalue weighted by molar-refractivity contribution is 5.98. The molecule has 0 saturated heterocycles. The van der Waals surface area contributed by atoms with E-state index < -0.39 is 6.04 Å². The molecule has 1 atom stereocenters. The van der Waals surface area contributed by atoms with Crippen molar-refractivity contribution < 1.29 is 9.59 Å². The summed E-state index contributed by atoms with van der Waals surface area (Å²) in [6, 6.07) is 12.1. The summed E-state index contributed by atoms with van der Waals surface area (Å²) in [6.07, 6.45) is 0.